The molecule has 0 unspecified atom stereocenters. The molecule has 14 heavy (non-hydrogen) atoms. The van der Waals surface area contributed by atoms with E-state index in [1.54, 1.807) is 0 Å². The fraction of sp³-hybridized carbons (Fsp3) is 0.200. The molecule has 0 heterocycles. The summed E-state index contributed by atoms with van der Waals surface area (Å²) in [5.41, 5.74) is 0.738. The molecule has 1 aromatic carbocycles. The lowest BCUT2D eigenvalue weighted by molar-refractivity contribution is 0.0600. The fourth-order valence-electron chi connectivity index (χ4n) is 1.05. The zero-order valence-corrected chi connectivity index (χ0v) is 8.59. The molecule has 0 aliphatic heterocycles. The van der Waals surface area contributed by atoms with Gasteiger partial charge in [-0.1, -0.05) is 11.6 Å². The van der Waals surface area contributed by atoms with Gasteiger partial charge in [-0.2, -0.15) is 0 Å². The molecule has 4 heteroatoms. The van der Waals surface area contributed by atoms with Gasteiger partial charge in [-0.05, 0) is 25.1 Å². The minimum atomic E-state index is -0.470. The average molecular weight is 213 g/mol. The van der Waals surface area contributed by atoms with Gasteiger partial charge in [0.15, 0.2) is 5.78 Å². The number of esters is 1. The molecule has 0 amide bonds. The Kier molecular flexibility index (Phi) is 3.25. The van der Waals surface area contributed by atoms with Crippen molar-refractivity contribution >= 4 is 23.4 Å². The third kappa shape index (κ3) is 2.12. The summed E-state index contributed by atoms with van der Waals surface area (Å²) < 4.78 is 4.51. The van der Waals surface area contributed by atoms with Gasteiger partial charge in [-0.3, -0.25) is 4.79 Å². The number of benzene rings is 1. The molecule has 0 saturated carbocycles. The SMILES string of the molecule is COC(=O)c1ccc(C(C)=O)c(Cl)c1. The van der Waals surface area contributed by atoms with E-state index in [1.165, 1.54) is 32.2 Å². The summed E-state index contributed by atoms with van der Waals surface area (Å²) in [6.07, 6.45) is 0. The van der Waals surface area contributed by atoms with E-state index in [2.05, 4.69) is 4.74 Å². The van der Waals surface area contributed by atoms with Crippen LogP contribution >= 0.6 is 11.6 Å². The van der Waals surface area contributed by atoms with Crippen molar-refractivity contribution in [2.75, 3.05) is 7.11 Å². The molecule has 0 fully saturated rings. The van der Waals surface area contributed by atoms with Crippen LogP contribution in [0.4, 0.5) is 0 Å². The highest BCUT2D eigenvalue weighted by Crippen LogP contribution is 2.18. The third-order valence-corrected chi connectivity index (χ3v) is 2.08. The Balaban J connectivity index is 3.12. The number of methoxy groups -OCH3 is 1. The van der Waals surface area contributed by atoms with E-state index in [0.717, 1.165) is 0 Å². The van der Waals surface area contributed by atoms with Gasteiger partial charge >= 0.3 is 5.97 Å². The Morgan fingerprint density at radius 1 is 1.36 bits per heavy atom. The maximum atomic E-state index is 11.1. The Bertz CT molecular complexity index is 385. The van der Waals surface area contributed by atoms with Crippen LogP contribution in [0.1, 0.15) is 27.6 Å². The molecule has 0 aliphatic rings. The van der Waals surface area contributed by atoms with Crippen LogP contribution in [0.2, 0.25) is 5.02 Å². The van der Waals surface area contributed by atoms with Gasteiger partial charge in [0, 0.05) is 5.56 Å². The highest BCUT2D eigenvalue weighted by molar-refractivity contribution is 6.34. The Morgan fingerprint density at radius 2 is 2.00 bits per heavy atom. The molecule has 74 valence electrons. The molecular weight excluding hydrogens is 204 g/mol. The molecule has 1 aromatic rings. The highest BCUT2D eigenvalue weighted by Gasteiger charge is 2.10. The number of hydrogen-bond donors (Lipinski definition) is 0. The first-order valence-electron chi connectivity index (χ1n) is 3.95. The topological polar surface area (TPSA) is 43.4 Å². The Hall–Kier alpha value is -1.35. The van der Waals surface area contributed by atoms with Gasteiger partial charge in [0.05, 0.1) is 17.7 Å². The first kappa shape index (κ1) is 10.7. The molecule has 0 aliphatic carbocycles. The molecule has 0 N–H and O–H groups in total. The molecule has 0 aromatic heterocycles. The predicted molar refractivity (Wildman–Crippen MR) is 52.8 cm³/mol. The smallest absolute Gasteiger partial charge is 0.337 e. The molecule has 0 atom stereocenters. The van der Waals surface area contributed by atoms with Crippen LogP contribution in [0.25, 0.3) is 0 Å². The molecule has 0 bridgehead atoms. The third-order valence-electron chi connectivity index (χ3n) is 1.77. The van der Waals surface area contributed by atoms with Crippen LogP contribution < -0.4 is 0 Å². The van der Waals surface area contributed by atoms with Gasteiger partial charge in [0.1, 0.15) is 0 Å². The van der Waals surface area contributed by atoms with Crippen molar-refractivity contribution < 1.29 is 14.3 Å². The van der Waals surface area contributed by atoms with Crippen LogP contribution in [0.15, 0.2) is 18.2 Å². The van der Waals surface area contributed by atoms with E-state index < -0.39 is 5.97 Å². The zero-order chi connectivity index (χ0) is 10.7. The second-order valence-electron chi connectivity index (χ2n) is 2.74. The lowest BCUT2D eigenvalue weighted by Gasteiger charge is -2.02. The maximum absolute atomic E-state index is 11.1. The summed E-state index contributed by atoms with van der Waals surface area (Å²) in [5.74, 6) is -0.603. The van der Waals surface area contributed by atoms with E-state index in [1.807, 2.05) is 0 Å². The van der Waals surface area contributed by atoms with Crippen molar-refractivity contribution in [3.8, 4) is 0 Å². The second-order valence-corrected chi connectivity index (χ2v) is 3.15. The normalized spacial score (nSPS) is 9.64. The summed E-state index contributed by atoms with van der Waals surface area (Å²) in [7, 11) is 1.29. The molecule has 0 spiro atoms. The van der Waals surface area contributed by atoms with E-state index in [4.69, 9.17) is 11.6 Å². The van der Waals surface area contributed by atoms with Crippen molar-refractivity contribution in [1.29, 1.82) is 0 Å². The average Bonchev–Trinajstić information content (AvgIpc) is 2.15. The van der Waals surface area contributed by atoms with Gasteiger partial charge in [-0.25, -0.2) is 4.79 Å². The minimum absolute atomic E-state index is 0.133. The van der Waals surface area contributed by atoms with E-state index in [0.29, 0.717) is 11.1 Å². The summed E-state index contributed by atoms with van der Waals surface area (Å²) in [6, 6.07) is 4.44. The van der Waals surface area contributed by atoms with Crippen molar-refractivity contribution in [3.05, 3.63) is 34.3 Å². The largest absolute Gasteiger partial charge is 0.465 e. The molecule has 0 saturated heterocycles. The molecule has 0 radical (unpaired) electrons. The molecule has 3 nitrogen and oxygen atoms in total. The number of carbonyl (C=O) groups is 2. The predicted octanol–water partition coefficient (Wildman–Crippen LogP) is 2.33. The van der Waals surface area contributed by atoms with E-state index in [-0.39, 0.29) is 10.8 Å². The summed E-state index contributed by atoms with van der Waals surface area (Å²) in [6.45, 7) is 1.42. The van der Waals surface area contributed by atoms with Crippen LogP contribution in [-0.2, 0) is 4.74 Å². The van der Waals surface area contributed by atoms with E-state index in [9.17, 15) is 9.59 Å². The van der Waals surface area contributed by atoms with Crippen LogP contribution in [0.3, 0.4) is 0 Å². The number of ketones is 1. The lowest BCUT2D eigenvalue weighted by Crippen LogP contribution is -2.02. The zero-order valence-electron chi connectivity index (χ0n) is 7.83. The van der Waals surface area contributed by atoms with Gasteiger partial charge in [-0.15, -0.1) is 0 Å². The van der Waals surface area contributed by atoms with Gasteiger partial charge in [0.25, 0.3) is 0 Å². The van der Waals surface area contributed by atoms with Crippen molar-refractivity contribution in [1.82, 2.24) is 0 Å². The van der Waals surface area contributed by atoms with Crippen LogP contribution in [0.5, 0.6) is 0 Å². The number of rotatable bonds is 2. The van der Waals surface area contributed by atoms with E-state index >= 15 is 0 Å². The first-order valence-corrected chi connectivity index (χ1v) is 4.33. The number of hydrogen-bond acceptors (Lipinski definition) is 3. The van der Waals surface area contributed by atoms with Crippen LogP contribution in [0, 0.1) is 0 Å². The highest BCUT2D eigenvalue weighted by atomic mass is 35.5. The van der Waals surface area contributed by atoms with Crippen molar-refractivity contribution in [3.63, 3.8) is 0 Å². The lowest BCUT2D eigenvalue weighted by atomic mass is 10.1. The minimum Gasteiger partial charge on any atom is -0.465 e. The monoisotopic (exact) mass is 212 g/mol. The maximum Gasteiger partial charge on any atom is 0.337 e. The Labute approximate surface area is 86.6 Å². The number of halogens is 1. The summed E-state index contributed by atoms with van der Waals surface area (Å²) in [4.78, 5) is 22.1. The van der Waals surface area contributed by atoms with Crippen molar-refractivity contribution in [2.24, 2.45) is 0 Å². The fourth-order valence-corrected chi connectivity index (χ4v) is 1.36. The second kappa shape index (κ2) is 4.24. The van der Waals surface area contributed by atoms with Crippen molar-refractivity contribution in [2.45, 2.75) is 6.92 Å². The Morgan fingerprint density at radius 3 is 2.43 bits per heavy atom. The number of carbonyl (C=O) groups excluding carboxylic acids is 2. The van der Waals surface area contributed by atoms with Crippen LogP contribution in [-0.4, -0.2) is 18.9 Å². The number of Topliss-reactive ketones (excluding diaryl/α,β-unsaturated/α-hetero) is 1. The summed E-state index contributed by atoms with van der Waals surface area (Å²) in [5, 5.41) is 0.264. The van der Waals surface area contributed by atoms with Gasteiger partial charge < -0.3 is 4.74 Å². The number of ether oxygens (including phenoxy) is 1. The summed E-state index contributed by atoms with van der Waals surface area (Å²) >= 11 is 5.80. The molecular formula is C10H9ClO3. The quantitative estimate of drug-likeness (QED) is 0.558. The van der Waals surface area contributed by atoms with Gasteiger partial charge in [0.2, 0.25) is 0 Å². The first-order chi connectivity index (χ1) is 6.56. The molecule has 1 rings (SSSR count). The standard InChI is InChI=1S/C10H9ClO3/c1-6(12)8-4-3-7(5-9(8)11)10(13)14-2/h3-5H,1-2H3.